The molecule has 0 saturated carbocycles. The third kappa shape index (κ3) is 3.77. The third-order valence-electron chi connectivity index (χ3n) is 3.10. The minimum Gasteiger partial charge on any atom is -0.461 e. The van der Waals surface area contributed by atoms with Crippen LogP contribution in [0.1, 0.15) is 6.92 Å². The molecule has 0 atom stereocenters. The van der Waals surface area contributed by atoms with Crippen molar-refractivity contribution < 1.29 is 9.21 Å². The normalized spacial score (nSPS) is 10.8. The summed E-state index contributed by atoms with van der Waals surface area (Å²) >= 11 is 7.06. The predicted octanol–water partition coefficient (Wildman–Crippen LogP) is 3.34. The van der Waals surface area contributed by atoms with Gasteiger partial charge >= 0.3 is 0 Å². The molecule has 3 heterocycles. The lowest BCUT2D eigenvalue weighted by atomic mass is 10.4. The smallest absolute Gasteiger partial charge is 0.236 e. The predicted molar refractivity (Wildman–Crippen MR) is 92.0 cm³/mol. The van der Waals surface area contributed by atoms with Crippen LogP contribution in [0.25, 0.3) is 11.6 Å². The molecule has 0 bridgehead atoms. The Morgan fingerprint density at radius 1 is 1.38 bits per heavy atom. The molecule has 0 aliphatic rings. The second-order valence-electron chi connectivity index (χ2n) is 4.73. The van der Waals surface area contributed by atoms with Crippen LogP contribution in [0, 0.1) is 0 Å². The number of thioether (sulfide) groups is 1. The SMILES string of the molecule is CCn1c(SCC(=O)Nc2ccc(Cl)cn2)nnc1-c1ccco1. The second-order valence-corrected chi connectivity index (χ2v) is 6.11. The molecule has 0 aliphatic carbocycles. The molecular formula is C15H14ClN5O2S. The number of furan rings is 1. The quantitative estimate of drug-likeness (QED) is 0.676. The lowest BCUT2D eigenvalue weighted by molar-refractivity contribution is -0.113. The van der Waals surface area contributed by atoms with E-state index in [9.17, 15) is 4.79 Å². The lowest BCUT2D eigenvalue weighted by Crippen LogP contribution is -2.15. The molecule has 0 spiro atoms. The average Bonchev–Trinajstić information content (AvgIpc) is 3.23. The molecule has 3 aromatic heterocycles. The van der Waals surface area contributed by atoms with Gasteiger partial charge in [-0.05, 0) is 31.2 Å². The van der Waals surface area contributed by atoms with E-state index in [4.69, 9.17) is 16.0 Å². The first-order valence-electron chi connectivity index (χ1n) is 7.18. The van der Waals surface area contributed by atoms with Gasteiger partial charge in [-0.3, -0.25) is 9.36 Å². The van der Waals surface area contributed by atoms with E-state index in [2.05, 4.69) is 20.5 Å². The topological polar surface area (TPSA) is 85.8 Å². The highest BCUT2D eigenvalue weighted by Gasteiger charge is 2.16. The van der Waals surface area contributed by atoms with E-state index >= 15 is 0 Å². The first-order valence-corrected chi connectivity index (χ1v) is 8.55. The van der Waals surface area contributed by atoms with Gasteiger partial charge in [-0.15, -0.1) is 10.2 Å². The number of carbonyl (C=O) groups excluding carboxylic acids is 1. The van der Waals surface area contributed by atoms with E-state index in [1.165, 1.54) is 18.0 Å². The maximum absolute atomic E-state index is 12.0. The van der Waals surface area contributed by atoms with Crippen LogP contribution in [0.4, 0.5) is 5.82 Å². The Hall–Kier alpha value is -2.32. The number of nitrogens with zero attached hydrogens (tertiary/aromatic N) is 4. The number of amides is 1. The summed E-state index contributed by atoms with van der Waals surface area (Å²) in [6.07, 6.45) is 3.07. The maximum atomic E-state index is 12.0. The van der Waals surface area contributed by atoms with Crippen LogP contribution in [0.3, 0.4) is 0 Å². The number of nitrogens with one attached hydrogen (secondary N) is 1. The molecule has 3 rings (SSSR count). The molecular weight excluding hydrogens is 350 g/mol. The van der Waals surface area contributed by atoms with E-state index in [1.54, 1.807) is 24.5 Å². The molecule has 0 saturated heterocycles. The van der Waals surface area contributed by atoms with Gasteiger partial charge in [0.1, 0.15) is 5.82 Å². The van der Waals surface area contributed by atoms with Crippen molar-refractivity contribution >= 4 is 35.1 Å². The van der Waals surface area contributed by atoms with E-state index < -0.39 is 0 Å². The fraction of sp³-hybridized carbons (Fsp3) is 0.200. The molecule has 0 radical (unpaired) electrons. The summed E-state index contributed by atoms with van der Waals surface area (Å²) in [6.45, 7) is 2.66. The number of pyridine rings is 1. The fourth-order valence-electron chi connectivity index (χ4n) is 2.03. The first kappa shape index (κ1) is 16.5. The van der Waals surface area contributed by atoms with Gasteiger partial charge in [0.2, 0.25) is 5.91 Å². The third-order valence-corrected chi connectivity index (χ3v) is 4.29. The van der Waals surface area contributed by atoms with Crippen LogP contribution in [0.5, 0.6) is 0 Å². The Bertz CT molecular complexity index is 817. The zero-order chi connectivity index (χ0) is 16.9. The van der Waals surface area contributed by atoms with Gasteiger partial charge in [-0.2, -0.15) is 0 Å². The minimum absolute atomic E-state index is 0.181. The van der Waals surface area contributed by atoms with Crippen LogP contribution in [-0.4, -0.2) is 31.4 Å². The Labute approximate surface area is 147 Å². The highest BCUT2D eigenvalue weighted by Crippen LogP contribution is 2.24. The van der Waals surface area contributed by atoms with Gasteiger partial charge in [-0.1, -0.05) is 23.4 Å². The molecule has 1 amide bonds. The van der Waals surface area contributed by atoms with Crippen LogP contribution < -0.4 is 5.32 Å². The van der Waals surface area contributed by atoms with Crippen molar-refractivity contribution in [3.63, 3.8) is 0 Å². The zero-order valence-electron chi connectivity index (χ0n) is 12.8. The number of hydrogen-bond donors (Lipinski definition) is 1. The number of rotatable bonds is 6. The first-order chi connectivity index (χ1) is 11.7. The highest BCUT2D eigenvalue weighted by molar-refractivity contribution is 7.99. The van der Waals surface area contributed by atoms with Crippen molar-refractivity contribution in [1.82, 2.24) is 19.7 Å². The summed E-state index contributed by atoms with van der Waals surface area (Å²) in [6, 6.07) is 6.93. The molecule has 3 aromatic rings. The highest BCUT2D eigenvalue weighted by atomic mass is 35.5. The Kier molecular flexibility index (Phi) is 5.17. The van der Waals surface area contributed by atoms with Crippen molar-refractivity contribution in [2.75, 3.05) is 11.1 Å². The largest absolute Gasteiger partial charge is 0.461 e. The summed E-state index contributed by atoms with van der Waals surface area (Å²) in [7, 11) is 0. The Morgan fingerprint density at radius 2 is 2.25 bits per heavy atom. The van der Waals surface area contributed by atoms with Crippen LogP contribution in [0.2, 0.25) is 5.02 Å². The summed E-state index contributed by atoms with van der Waals surface area (Å²) in [5.41, 5.74) is 0. The van der Waals surface area contributed by atoms with Gasteiger partial charge in [0.25, 0.3) is 0 Å². The van der Waals surface area contributed by atoms with Crippen molar-refractivity contribution in [1.29, 1.82) is 0 Å². The van der Waals surface area contributed by atoms with E-state index in [-0.39, 0.29) is 11.7 Å². The van der Waals surface area contributed by atoms with E-state index in [0.717, 1.165) is 0 Å². The molecule has 0 fully saturated rings. The number of aromatic nitrogens is 4. The van der Waals surface area contributed by atoms with Gasteiger partial charge < -0.3 is 9.73 Å². The van der Waals surface area contributed by atoms with Crippen LogP contribution in [-0.2, 0) is 11.3 Å². The van der Waals surface area contributed by atoms with E-state index in [1.807, 2.05) is 17.6 Å². The van der Waals surface area contributed by atoms with Crippen LogP contribution >= 0.6 is 23.4 Å². The molecule has 9 heteroatoms. The molecule has 0 unspecified atom stereocenters. The summed E-state index contributed by atoms with van der Waals surface area (Å²) in [4.78, 5) is 16.1. The molecule has 1 N–H and O–H groups in total. The number of carbonyl (C=O) groups is 1. The van der Waals surface area contributed by atoms with Crippen molar-refractivity contribution in [3.8, 4) is 11.6 Å². The van der Waals surface area contributed by atoms with Gasteiger partial charge in [0.05, 0.1) is 17.0 Å². The molecule has 7 nitrogen and oxygen atoms in total. The molecule has 124 valence electrons. The van der Waals surface area contributed by atoms with Crippen molar-refractivity contribution in [2.45, 2.75) is 18.6 Å². The summed E-state index contributed by atoms with van der Waals surface area (Å²) in [5, 5.41) is 12.2. The average molecular weight is 364 g/mol. The fourth-order valence-corrected chi connectivity index (χ4v) is 2.94. The molecule has 24 heavy (non-hydrogen) atoms. The number of anilines is 1. The van der Waals surface area contributed by atoms with Crippen LogP contribution in [0.15, 0.2) is 46.3 Å². The van der Waals surface area contributed by atoms with E-state index in [0.29, 0.717) is 34.1 Å². The zero-order valence-corrected chi connectivity index (χ0v) is 14.3. The maximum Gasteiger partial charge on any atom is 0.236 e. The standard InChI is InChI=1S/C15H14ClN5O2S/c1-2-21-14(11-4-3-7-23-11)19-20-15(21)24-9-13(22)18-12-6-5-10(16)8-17-12/h3-8H,2,9H2,1H3,(H,17,18,22). The Morgan fingerprint density at radius 3 is 2.92 bits per heavy atom. The molecule has 0 aliphatic heterocycles. The van der Waals surface area contributed by atoms with Gasteiger partial charge in [0, 0.05) is 12.7 Å². The second kappa shape index (κ2) is 7.50. The summed E-state index contributed by atoms with van der Waals surface area (Å²) in [5.74, 6) is 1.76. The summed E-state index contributed by atoms with van der Waals surface area (Å²) < 4.78 is 7.26. The molecule has 0 aromatic carbocycles. The Balaban J connectivity index is 1.64. The number of halogens is 1. The van der Waals surface area contributed by atoms with Gasteiger partial charge in [0.15, 0.2) is 16.7 Å². The monoisotopic (exact) mass is 363 g/mol. The minimum atomic E-state index is -0.181. The number of hydrogen-bond acceptors (Lipinski definition) is 6. The van der Waals surface area contributed by atoms with Crippen molar-refractivity contribution in [2.24, 2.45) is 0 Å². The van der Waals surface area contributed by atoms with Crippen molar-refractivity contribution in [3.05, 3.63) is 41.7 Å². The van der Waals surface area contributed by atoms with Gasteiger partial charge in [-0.25, -0.2) is 4.98 Å². The lowest BCUT2D eigenvalue weighted by Gasteiger charge is -2.06.